The molecule has 43 heavy (non-hydrogen) atoms. The highest BCUT2D eigenvalue weighted by Gasteiger charge is 2.40. The van der Waals surface area contributed by atoms with E-state index >= 15 is 0 Å². The summed E-state index contributed by atoms with van der Waals surface area (Å²) in [4.78, 5) is 44.4. The van der Waals surface area contributed by atoms with Crippen LogP contribution in [-0.2, 0) is 36.8 Å². The molecule has 1 aliphatic rings. The summed E-state index contributed by atoms with van der Waals surface area (Å²) in [5.74, 6) is -2.49. The number of nitrogens with one attached hydrogen (secondary N) is 1. The second kappa shape index (κ2) is 15.0. The van der Waals surface area contributed by atoms with Crippen LogP contribution in [0.15, 0.2) is 85.1 Å². The van der Waals surface area contributed by atoms with Crippen LogP contribution in [0.2, 0.25) is 0 Å². The van der Waals surface area contributed by atoms with Gasteiger partial charge in [0.2, 0.25) is 0 Å². The lowest BCUT2D eigenvalue weighted by Gasteiger charge is -2.29. The summed E-state index contributed by atoms with van der Waals surface area (Å²) < 4.78 is 28.7. The first kappa shape index (κ1) is 31.2. The molecule has 0 radical (unpaired) electrons. The van der Waals surface area contributed by atoms with Crippen molar-refractivity contribution in [1.82, 2.24) is 10.3 Å². The van der Waals surface area contributed by atoms with E-state index in [0.29, 0.717) is 6.42 Å². The number of methoxy groups -OCH3 is 1. The number of pyridine rings is 1. The molecule has 1 aliphatic heterocycles. The zero-order chi connectivity index (χ0) is 30.8. The molecule has 0 saturated carbocycles. The predicted octanol–water partition coefficient (Wildman–Crippen LogP) is 4.08. The van der Waals surface area contributed by atoms with Gasteiger partial charge in [0.05, 0.1) is 19.6 Å². The number of carbonyl (C=O) groups excluding carboxylic acids is 3. The molecule has 0 bridgehead atoms. The number of amides is 1. The third-order valence-corrected chi connectivity index (χ3v) is 6.80. The van der Waals surface area contributed by atoms with Crippen molar-refractivity contribution in [2.24, 2.45) is 5.92 Å². The van der Waals surface area contributed by atoms with E-state index in [1.807, 2.05) is 60.7 Å². The molecule has 1 aromatic heterocycles. The number of nitrogens with zero attached hydrogens (tertiary/aromatic N) is 1. The van der Waals surface area contributed by atoms with E-state index in [2.05, 4.69) is 16.9 Å². The average molecular weight is 589 g/mol. The van der Waals surface area contributed by atoms with Crippen LogP contribution in [0.25, 0.3) is 0 Å². The minimum atomic E-state index is -1.31. The van der Waals surface area contributed by atoms with Crippen LogP contribution < -0.4 is 14.8 Å². The van der Waals surface area contributed by atoms with E-state index in [4.69, 9.17) is 23.7 Å². The standard InChI is InChI=1S/C33H36N2O8/c1-21(2)18-40-29-22(3)43-33(38)26(20-42-32(37)25(29)17-23-11-7-5-8-12-23)35-31(36)28-30(27(39-4)15-16-34-28)41-19-24-13-9-6-10-14-24/h5-16,22,25-26,29H,1,17-20H2,2-4H3,(H,35,36). The fourth-order valence-electron chi connectivity index (χ4n) is 4.64. The second-order valence-corrected chi connectivity index (χ2v) is 10.3. The first-order valence-electron chi connectivity index (χ1n) is 13.9. The molecule has 1 amide bonds. The molecule has 226 valence electrons. The van der Waals surface area contributed by atoms with Gasteiger partial charge in [0.1, 0.15) is 25.4 Å². The number of esters is 2. The molecular weight excluding hydrogens is 552 g/mol. The van der Waals surface area contributed by atoms with Crippen molar-refractivity contribution in [3.63, 3.8) is 0 Å². The van der Waals surface area contributed by atoms with Gasteiger partial charge < -0.3 is 29.0 Å². The topological polar surface area (TPSA) is 122 Å². The lowest BCUT2D eigenvalue weighted by atomic mass is 9.91. The van der Waals surface area contributed by atoms with Gasteiger partial charge in [0.25, 0.3) is 5.91 Å². The van der Waals surface area contributed by atoms with E-state index in [-0.39, 0.29) is 30.4 Å². The van der Waals surface area contributed by atoms with Crippen LogP contribution in [0.1, 0.15) is 35.5 Å². The minimum absolute atomic E-state index is 0.101. The van der Waals surface area contributed by atoms with Gasteiger partial charge in [-0.3, -0.25) is 9.59 Å². The molecule has 4 atom stereocenters. The Labute approximate surface area is 251 Å². The number of hydrogen-bond acceptors (Lipinski definition) is 9. The summed E-state index contributed by atoms with van der Waals surface area (Å²) in [6.07, 6.45) is 0.0332. The average Bonchev–Trinajstić information content (AvgIpc) is 3.04. The van der Waals surface area contributed by atoms with Crippen molar-refractivity contribution < 1.29 is 38.1 Å². The predicted molar refractivity (Wildman–Crippen MR) is 158 cm³/mol. The monoisotopic (exact) mass is 588 g/mol. The van der Waals surface area contributed by atoms with Crippen LogP contribution in [0.5, 0.6) is 11.5 Å². The zero-order valence-electron chi connectivity index (χ0n) is 24.5. The van der Waals surface area contributed by atoms with E-state index in [1.165, 1.54) is 13.3 Å². The third-order valence-electron chi connectivity index (χ3n) is 6.80. The maximum Gasteiger partial charge on any atom is 0.332 e. The molecule has 1 fully saturated rings. The summed E-state index contributed by atoms with van der Waals surface area (Å²) in [6.45, 7) is 7.19. The Balaban J connectivity index is 1.55. The highest BCUT2D eigenvalue weighted by atomic mass is 16.6. The molecule has 2 heterocycles. The zero-order valence-corrected chi connectivity index (χ0v) is 24.5. The Kier molecular flexibility index (Phi) is 10.9. The fraction of sp³-hybridized carbons (Fsp3) is 0.333. The van der Waals surface area contributed by atoms with Crippen LogP contribution in [0.3, 0.4) is 0 Å². The molecule has 10 heteroatoms. The van der Waals surface area contributed by atoms with Gasteiger partial charge in [-0.15, -0.1) is 0 Å². The van der Waals surface area contributed by atoms with Crippen molar-refractivity contribution in [2.75, 3.05) is 20.3 Å². The van der Waals surface area contributed by atoms with E-state index in [0.717, 1.165) is 16.7 Å². The lowest BCUT2D eigenvalue weighted by Crippen LogP contribution is -2.46. The number of ether oxygens (including phenoxy) is 5. The largest absolute Gasteiger partial charge is 0.493 e. The third kappa shape index (κ3) is 8.42. The normalized spacial score (nSPS) is 20.4. The Hall–Kier alpha value is -4.70. The first-order valence-corrected chi connectivity index (χ1v) is 13.9. The van der Waals surface area contributed by atoms with Gasteiger partial charge >= 0.3 is 11.9 Å². The van der Waals surface area contributed by atoms with Crippen molar-refractivity contribution in [3.05, 3.63) is 102 Å². The maximum absolute atomic E-state index is 13.5. The van der Waals surface area contributed by atoms with Gasteiger partial charge in [-0.05, 0) is 31.4 Å². The van der Waals surface area contributed by atoms with Crippen LogP contribution >= 0.6 is 0 Å². The molecule has 0 spiro atoms. The molecule has 10 nitrogen and oxygen atoms in total. The van der Waals surface area contributed by atoms with E-state index < -0.39 is 48.6 Å². The Morgan fingerprint density at radius 2 is 1.70 bits per heavy atom. The van der Waals surface area contributed by atoms with Gasteiger partial charge in [0, 0.05) is 12.3 Å². The Morgan fingerprint density at radius 3 is 2.35 bits per heavy atom. The van der Waals surface area contributed by atoms with E-state index in [1.54, 1.807) is 19.9 Å². The molecule has 0 aliphatic carbocycles. The lowest BCUT2D eigenvalue weighted by molar-refractivity contribution is -0.163. The summed E-state index contributed by atoms with van der Waals surface area (Å²) in [5, 5.41) is 2.60. The Morgan fingerprint density at radius 1 is 1.02 bits per heavy atom. The number of hydrogen-bond donors (Lipinski definition) is 1. The quantitative estimate of drug-likeness (QED) is 0.261. The van der Waals surface area contributed by atoms with Crippen LogP contribution in [0, 0.1) is 5.92 Å². The summed E-state index contributed by atoms with van der Waals surface area (Å²) in [7, 11) is 1.45. The number of cyclic esters (lactones) is 2. The maximum atomic E-state index is 13.5. The molecule has 2 aromatic carbocycles. The van der Waals surface area contributed by atoms with Crippen LogP contribution in [-0.4, -0.2) is 61.4 Å². The van der Waals surface area contributed by atoms with Gasteiger partial charge in [-0.2, -0.15) is 0 Å². The number of carbonyl (C=O) groups is 3. The van der Waals surface area contributed by atoms with Crippen molar-refractivity contribution >= 4 is 17.8 Å². The van der Waals surface area contributed by atoms with Gasteiger partial charge in [-0.25, -0.2) is 9.78 Å². The summed E-state index contributed by atoms with van der Waals surface area (Å²) >= 11 is 0. The first-order chi connectivity index (χ1) is 20.8. The van der Waals surface area contributed by atoms with Gasteiger partial charge in [-0.1, -0.05) is 72.8 Å². The molecule has 1 saturated heterocycles. The summed E-state index contributed by atoms with van der Waals surface area (Å²) in [6, 6.07) is 19.1. The number of aromatic nitrogens is 1. The van der Waals surface area contributed by atoms with Crippen molar-refractivity contribution in [1.29, 1.82) is 0 Å². The SMILES string of the molecule is C=C(C)COC1C(C)OC(=O)C(NC(=O)c2nccc(OC)c2OCc2ccccc2)COC(=O)C1Cc1ccccc1. The summed E-state index contributed by atoms with van der Waals surface area (Å²) in [5.41, 5.74) is 2.40. The van der Waals surface area contributed by atoms with Crippen LogP contribution in [0.4, 0.5) is 0 Å². The second-order valence-electron chi connectivity index (χ2n) is 10.3. The minimum Gasteiger partial charge on any atom is -0.493 e. The molecule has 1 N–H and O–H groups in total. The fourth-order valence-corrected chi connectivity index (χ4v) is 4.64. The highest BCUT2D eigenvalue weighted by Crippen LogP contribution is 2.31. The van der Waals surface area contributed by atoms with Crippen molar-refractivity contribution in [3.8, 4) is 11.5 Å². The Bertz CT molecular complexity index is 1410. The number of benzene rings is 2. The molecule has 4 unspecified atom stereocenters. The van der Waals surface area contributed by atoms with E-state index in [9.17, 15) is 14.4 Å². The molecule has 3 aromatic rings. The highest BCUT2D eigenvalue weighted by molar-refractivity contribution is 5.98. The number of rotatable bonds is 11. The van der Waals surface area contributed by atoms with Gasteiger partial charge in [0.15, 0.2) is 23.2 Å². The smallest absolute Gasteiger partial charge is 0.332 e. The van der Waals surface area contributed by atoms with Crippen molar-refractivity contribution in [2.45, 2.75) is 45.1 Å². The molecule has 4 rings (SSSR count). The molecular formula is C33H36N2O8.